The molecule has 12 heavy (non-hydrogen) atoms. The molecule has 0 unspecified atom stereocenters. The molecule has 0 spiro atoms. The van der Waals surface area contributed by atoms with Crippen molar-refractivity contribution in [1.29, 1.82) is 0 Å². The number of hydrogen-bond acceptors (Lipinski definition) is 3. The lowest BCUT2D eigenvalue weighted by Crippen LogP contribution is -2.22. The lowest BCUT2D eigenvalue weighted by Gasteiger charge is -2.17. The summed E-state index contributed by atoms with van der Waals surface area (Å²) in [6, 6.07) is 0.103. The molecule has 2 N–H and O–H groups in total. The third-order valence-electron chi connectivity index (χ3n) is 2.28. The van der Waals surface area contributed by atoms with E-state index in [1.807, 2.05) is 4.68 Å². The molecule has 0 saturated carbocycles. The van der Waals surface area contributed by atoms with E-state index in [0.717, 1.165) is 37.5 Å². The number of fused-ring (bicyclic) bond motifs is 1. The summed E-state index contributed by atoms with van der Waals surface area (Å²) in [7, 11) is 0. The van der Waals surface area contributed by atoms with E-state index in [2.05, 4.69) is 17.0 Å². The average Bonchev–Trinajstić information content (AvgIpc) is 2.49. The first-order valence-electron chi connectivity index (χ1n) is 4.50. The molecular formula is C8H14N4. The van der Waals surface area contributed by atoms with Crippen LogP contribution < -0.4 is 5.73 Å². The summed E-state index contributed by atoms with van der Waals surface area (Å²) < 4.78 is 1.95. The van der Waals surface area contributed by atoms with Gasteiger partial charge in [-0.2, -0.15) is 5.10 Å². The van der Waals surface area contributed by atoms with Gasteiger partial charge in [0.25, 0.3) is 0 Å². The van der Waals surface area contributed by atoms with Gasteiger partial charge in [-0.1, -0.05) is 6.92 Å². The molecule has 2 rings (SSSR count). The Hall–Kier alpha value is -0.900. The normalized spacial score (nSPS) is 22.3. The SMILES string of the molecule is CCc1nc2n(n1)CCC[C@H]2N. The zero-order valence-corrected chi connectivity index (χ0v) is 7.32. The van der Waals surface area contributed by atoms with E-state index in [4.69, 9.17) is 5.73 Å². The number of aryl methyl sites for hydroxylation is 2. The van der Waals surface area contributed by atoms with Crippen LogP contribution >= 0.6 is 0 Å². The first-order chi connectivity index (χ1) is 5.81. The average molecular weight is 166 g/mol. The molecule has 4 nitrogen and oxygen atoms in total. The highest BCUT2D eigenvalue weighted by Gasteiger charge is 2.19. The Morgan fingerprint density at radius 2 is 2.50 bits per heavy atom. The highest BCUT2D eigenvalue weighted by atomic mass is 15.4. The van der Waals surface area contributed by atoms with E-state index in [0.29, 0.717) is 0 Å². The Labute approximate surface area is 71.8 Å². The molecule has 1 aromatic rings. The largest absolute Gasteiger partial charge is 0.321 e. The van der Waals surface area contributed by atoms with E-state index >= 15 is 0 Å². The Bertz CT molecular complexity index is 279. The van der Waals surface area contributed by atoms with E-state index in [9.17, 15) is 0 Å². The van der Waals surface area contributed by atoms with Gasteiger partial charge >= 0.3 is 0 Å². The smallest absolute Gasteiger partial charge is 0.150 e. The maximum Gasteiger partial charge on any atom is 0.150 e. The van der Waals surface area contributed by atoms with Crippen molar-refractivity contribution in [2.75, 3.05) is 0 Å². The Kier molecular flexibility index (Phi) is 1.84. The van der Waals surface area contributed by atoms with Gasteiger partial charge in [0.15, 0.2) is 5.82 Å². The lowest BCUT2D eigenvalue weighted by molar-refractivity contribution is 0.421. The molecular weight excluding hydrogens is 152 g/mol. The predicted octanol–water partition coefficient (Wildman–Crippen LogP) is 0.634. The molecule has 0 amide bonds. The van der Waals surface area contributed by atoms with E-state index < -0.39 is 0 Å². The van der Waals surface area contributed by atoms with Crippen molar-refractivity contribution in [2.24, 2.45) is 5.73 Å². The summed E-state index contributed by atoms with van der Waals surface area (Å²) in [4.78, 5) is 4.38. The van der Waals surface area contributed by atoms with Crippen molar-refractivity contribution in [3.8, 4) is 0 Å². The van der Waals surface area contributed by atoms with Gasteiger partial charge in [0, 0.05) is 13.0 Å². The van der Waals surface area contributed by atoms with Crippen LogP contribution in [0.1, 0.15) is 37.5 Å². The van der Waals surface area contributed by atoms with Crippen molar-refractivity contribution in [2.45, 2.75) is 38.8 Å². The maximum absolute atomic E-state index is 5.89. The molecule has 4 heteroatoms. The minimum absolute atomic E-state index is 0.103. The standard InChI is InChI=1S/C8H14N4/c1-2-7-10-8-6(9)4-3-5-12(8)11-7/h6H,2-5,9H2,1H3/t6-/m1/s1. The third kappa shape index (κ3) is 1.12. The summed E-state index contributed by atoms with van der Waals surface area (Å²) >= 11 is 0. The quantitative estimate of drug-likeness (QED) is 0.666. The van der Waals surface area contributed by atoms with Gasteiger partial charge in [0.2, 0.25) is 0 Å². The van der Waals surface area contributed by atoms with E-state index in [1.165, 1.54) is 0 Å². The fraction of sp³-hybridized carbons (Fsp3) is 0.750. The molecule has 0 radical (unpaired) electrons. The highest BCUT2D eigenvalue weighted by molar-refractivity contribution is 5.00. The van der Waals surface area contributed by atoms with Gasteiger partial charge in [-0.3, -0.25) is 0 Å². The second-order valence-corrected chi connectivity index (χ2v) is 3.21. The number of hydrogen-bond donors (Lipinski definition) is 1. The maximum atomic E-state index is 5.89. The second-order valence-electron chi connectivity index (χ2n) is 3.21. The van der Waals surface area contributed by atoms with Crippen LogP contribution in [0.3, 0.4) is 0 Å². The van der Waals surface area contributed by atoms with Crippen LogP contribution in [0.25, 0.3) is 0 Å². The van der Waals surface area contributed by atoms with Crippen LogP contribution in [-0.4, -0.2) is 14.8 Å². The van der Waals surface area contributed by atoms with Crippen LogP contribution in [0.2, 0.25) is 0 Å². The molecule has 0 aromatic carbocycles. The summed E-state index contributed by atoms with van der Waals surface area (Å²) in [5.74, 6) is 1.89. The number of aromatic nitrogens is 3. The van der Waals surface area contributed by atoms with Crippen LogP contribution in [0.15, 0.2) is 0 Å². The van der Waals surface area contributed by atoms with Gasteiger partial charge in [-0.05, 0) is 12.8 Å². The lowest BCUT2D eigenvalue weighted by atomic mass is 10.1. The molecule has 1 aliphatic heterocycles. The second kappa shape index (κ2) is 2.86. The Morgan fingerprint density at radius 1 is 1.67 bits per heavy atom. The molecule has 0 aliphatic carbocycles. The molecule has 1 aliphatic rings. The fourth-order valence-corrected chi connectivity index (χ4v) is 1.58. The third-order valence-corrected chi connectivity index (χ3v) is 2.28. The zero-order valence-electron chi connectivity index (χ0n) is 7.32. The van der Waals surface area contributed by atoms with Crippen molar-refractivity contribution >= 4 is 0 Å². The molecule has 0 fully saturated rings. The van der Waals surface area contributed by atoms with Crippen molar-refractivity contribution in [3.63, 3.8) is 0 Å². The van der Waals surface area contributed by atoms with E-state index in [-0.39, 0.29) is 6.04 Å². The Balaban J connectivity index is 2.37. The summed E-state index contributed by atoms with van der Waals surface area (Å²) in [5.41, 5.74) is 5.89. The fourth-order valence-electron chi connectivity index (χ4n) is 1.58. The molecule has 1 aromatic heterocycles. The van der Waals surface area contributed by atoms with Crippen LogP contribution in [0.4, 0.5) is 0 Å². The molecule has 2 heterocycles. The summed E-state index contributed by atoms with van der Waals surface area (Å²) in [6.45, 7) is 3.04. The van der Waals surface area contributed by atoms with Crippen molar-refractivity contribution in [1.82, 2.24) is 14.8 Å². The molecule has 0 bridgehead atoms. The summed E-state index contributed by atoms with van der Waals surface area (Å²) in [5, 5.41) is 4.35. The minimum atomic E-state index is 0.103. The summed E-state index contributed by atoms with van der Waals surface area (Å²) in [6.07, 6.45) is 3.06. The van der Waals surface area contributed by atoms with E-state index in [1.54, 1.807) is 0 Å². The highest BCUT2D eigenvalue weighted by Crippen LogP contribution is 2.20. The molecule has 66 valence electrons. The molecule has 0 saturated heterocycles. The topological polar surface area (TPSA) is 56.7 Å². The monoisotopic (exact) mass is 166 g/mol. The number of nitrogens with two attached hydrogens (primary N) is 1. The zero-order chi connectivity index (χ0) is 8.55. The van der Waals surface area contributed by atoms with Gasteiger partial charge < -0.3 is 5.73 Å². The van der Waals surface area contributed by atoms with Crippen LogP contribution in [0.5, 0.6) is 0 Å². The predicted molar refractivity (Wildman–Crippen MR) is 45.6 cm³/mol. The Morgan fingerprint density at radius 3 is 3.17 bits per heavy atom. The first kappa shape index (κ1) is 7.73. The number of nitrogens with zero attached hydrogens (tertiary/aromatic N) is 3. The van der Waals surface area contributed by atoms with Gasteiger partial charge in [0.1, 0.15) is 5.82 Å². The number of rotatable bonds is 1. The van der Waals surface area contributed by atoms with Crippen molar-refractivity contribution in [3.05, 3.63) is 11.6 Å². The van der Waals surface area contributed by atoms with Crippen LogP contribution in [-0.2, 0) is 13.0 Å². The van der Waals surface area contributed by atoms with Crippen molar-refractivity contribution < 1.29 is 0 Å². The van der Waals surface area contributed by atoms with Gasteiger partial charge in [0.05, 0.1) is 6.04 Å². The van der Waals surface area contributed by atoms with Gasteiger partial charge in [-0.25, -0.2) is 9.67 Å². The van der Waals surface area contributed by atoms with Gasteiger partial charge in [-0.15, -0.1) is 0 Å². The first-order valence-corrected chi connectivity index (χ1v) is 4.50. The van der Waals surface area contributed by atoms with Crippen LogP contribution in [0, 0.1) is 0 Å². The minimum Gasteiger partial charge on any atom is -0.321 e. The molecule has 1 atom stereocenters.